The molecule has 116 valence electrons. The van der Waals surface area contributed by atoms with Crippen molar-refractivity contribution < 1.29 is 0 Å². The van der Waals surface area contributed by atoms with Crippen LogP contribution in [0.25, 0.3) is 10.9 Å². The lowest BCUT2D eigenvalue weighted by molar-refractivity contribution is 1.00. The highest BCUT2D eigenvalue weighted by atomic mass is 32.2. The van der Waals surface area contributed by atoms with Gasteiger partial charge in [0.25, 0.3) is 0 Å². The van der Waals surface area contributed by atoms with Gasteiger partial charge in [0, 0.05) is 17.1 Å². The lowest BCUT2D eigenvalue weighted by Gasteiger charge is -2.13. The zero-order valence-corrected chi connectivity index (χ0v) is 13.4. The van der Waals surface area contributed by atoms with Gasteiger partial charge in [0.2, 0.25) is 0 Å². The molecule has 0 radical (unpaired) electrons. The van der Waals surface area contributed by atoms with Crippen LogP contribution in [0.3, 0.4) is 0 Å². The van der Waals surface area contributed by atoms with Gasteiger partial charge in [0.1, 0.15) is 11.6 Å². The van der Waals surface area contributed by atoms with Gasteiger partial charge in [-0.05, 0) is 35.9 Å². The number of benzene rings is 1. The monoisotopic (exact) mass is 324 g/mol. The van der Waals surface area contributed by atoms with Crippen LogP contribution in [0.2, 0.25) is 0 Å². The molecule has 2 aromatic heterocycles. The molecule has 23 heavy (non-hydrogen) atoms. The van der Waals surface area contributed by atoms with E-state index < -0.39 is 10.9 Å². The lowest BCUT2D eigenvalue weighted by atomic mass is 10.2. The number of hydrogen-bond acceptors (Lipinski definition) is 5. The molecule has 4 N–H and O–H groups in total. The number of anilines is 2. The number of aryl methyl sites for hydroxylation is 1. The van der Waals surface area contributed by atoms with Crippen LogP contribution in [-0.2, 0) is 0 Å². The van der Waals surface area contributed by atoms with Crippen LogP contribution in [0.1, 0.15) is 5.69 Å². The van der Waals surface area contributed by atoms with Crippen molar-refractivity contribution in [1.82, 2.24) is 20.2 Å². The number of thiol groups is 1. The molecule has 1 atom stereocenters. The number of nitrogens with zero attached hydrogens (tertiary/aromatic N) is 3. The molecule has 0 aliphatic carbocycles. The Kier molecular flexibility index (Phi) is 3.27. The summed E-state index contributed by atoms with van der Waals surface area (Å²) in [5, 5.41) is 16.2. The molecular formula is C16H16N6S. The third-order valence-electron chi connectivity index (χ3n) is 3.50. The molecule has 1 unspecified atom stereocenters. The van der Waals surface area contributed by atoms with E-state index in [9.17, 15) is 0 Å². The first-order valence-corrected chi connectivity index (χ1v) is 8.67. The second kappa shape index (κ2) is 5.44. The van der Waals surface area contributed by atoms with Gasteiger partial charge in [-0.1, -0.05) is 12.1 Å². The number of aromatic nitrogens is 4. The fourth-order valence-corrected chi connectivity index (χ4v) is 3.94. The van der Waals surface area contributed by atoms with Crippen LogP contribution >= 0.6 is 10.9 Å². The van der Waals surface area contributed by atoms with Gasteiger partial charge in [0.15, 0.2) is 5.16 Å². The molecule has 0 saturated heterocycles. The molecule has 0 saturated carbocycles. The minimum absolute atomic E-state index is 0.694. The summed E-state index contributed by atoms with van der Waals surface area (Å²) in [6.45, 7) is 1.94. The smallest absolute Gasteiger partial charge is 0.177 e. The fraction of sp³-hybridized carbons (Fsp3) is 0.0625. The van der Waals surface area contributed by atoms with Crippen LogP contribution in [0.15, 0.2) is 58.1 Å². The lowest BCUT2D eigenvalue weighted by Crippen LogP contribution is -2.00. The van der Waals surface area contributed by atoms with Crippen LogP contribution < -0.4 is 11.1 Å². The zero-order valence-electron chi connectivity index (χ0n) is 12.5. The summed E-state index contributed by atoms with van der Waals surface area (Å²) in [4.78, 5) is 9.43. The summed E-state index contributed by atoms with van der Waals surface area (Å²) in [5.41, 5.74) is 8.45. The van der Waals surface area contributed by atoms with Gasteiger partial charge in [-0.15, -0.1) is 10.9 Å². The maximum absolute atomic E-state index is 5.85. The third-order valence-corrected chi connectivity index (χ3v) is 5.21. The van der Waals surface area contributed by atoms with E-state index in [4.69, 9.17) is 15.7 Å². The molecule has 1 aliphatic heterocycles. The molecule has 6 nitrogen and oxygen atoms in total. The average Bonchev–Trinajstić information content (AvgIpc) is 3.16. The van der Waals surface area contributed by atoms with Crippen molar-refractivity contribution in [2.24, 2.45) is 5.73 Å². The molecule has 7 heteroatoms. The Labute approximate surface area is 135 Å². The van der Waals surface area contributed by atoms with Crippen molar-refractivity contribution in [3.05, 3.63) is 58.6 Å². The van der Waals surface area contributed by atoms with Gasteiger partial charge in [-0.3, -0.25) is 5.10 Å². The maximum atomic E-state index is 5.85. The SMILES string of the molecule is Cc1cc(Nc2nc([SH]3C=CC(N)=C3)nc3ccccc23)[nH]n1. The van der Waals surface area contributed by atoms with Gasteiger partial charge >= 0.3 is 0 Å². The predicted molar refractivity (Wildman–Crippen MR) is 94.8 cm³/mol. The number of nitrogens with two attached hydrogens (primary N) is 1. The summed E-state index contributed by atoms with van der Waals surface area (Å²) in [7, 11) is -0.694. The summed E-state index contributed by atoms with van der Waals surface area (Å²) >= 11 is 0. The van der Waals surface area contributed by atoms with Crippen molar-refractivity contribution in [3.8, 4) is 0 Å². The minimum Gasteiger partial charge on any atom is -0.398 e. The number of hydrogen-bond donors (Lipinski definition) is 4. The van der Waals surface area contributed by atoms with E-state index in [0.29, 0.717) is 0 Å². The molecule has 0 bridgehead atoms. The molecule has 3 heterocycles. The third kappa shape index (κ3) is 2.66. The van der Waals surface area contributed by atoms with Gasteiger partial charge < -0.3 is 11.1 Å². The Bertz CT molecular complexity index is 943. The highest BCUT2D eigenvalue weighted by Gasteiger charge is 2.14. The summed E-state index contributed by atoms with van der Waals surface area (Å²) < 4.78 is 0. The molecule has 1 aromatic carbocycles. The van der Waals surface area contributed by atoms with Gasteiger partial charge in [0.05, 0.1) is 11.2 Å². The highest BCUT2D eigenvalue weighted by Crippen LogP contribution is 2.42. The Hall–Kier alpha value is -2.80. The van der Waals surface area contributed by atoms with Gasteiger partial charge in [-0.25, -0.2) is 9.97 Å². The topological polar surface area (TPSA) is 92.5 Å². The van der Waals surface area contributed by atoms with E-state index in [1.54, 1.807) is 0 Å². The number of H-pyrrole nitrogens is 1. The number of aromatic amines is 1. The largest absolute Gasteiger partial charge is 0.398 e. The first kappa shape index (κ1) is 13.8. The Morgan fingerprint density at radius 3 is 2.83 bits per heavy atom. The maximum Gasteiger partial charge on any atom is 0.177 e. The number of fused-ring (bicyclic) bond motifs is 1. The summed E-state index contributed by atoms with van der Waals surface area (Å²) in [6.07, 6.45) is 1.91. The molecule has 0 spiro atoms. The van der Waals surface area contributed by atoms with E-state index in [1.807, 2.05) is 48.7 Å². The first-order chi connectivity index (χ1) is 11.2. The quantitative estimate of drug-likeness (QED) is 0.439. The Morgan fingerprint density at radius 1 is 1.22 bits per heavy atom. The molecule has 1 aliphatic rings. The molecular weight excluding hydrogens is 308 g/mol. The van der Waals surface area contributed by atoms with E-state index in [2.05, 4.69) is 20.9 Å². The van der Waals surface area contributed by atoms with E-state index in [0.717, 1.165) is 39.1 Å². The molecule has 0 amide bonds. The van der Waals surface area contributed by atoms with Crippen molar-refractivity contribution in [2.45, 2.75) is 12.1 Å². The molecule has 0 fully saturated rings. The molecule has 3 aromatic rings. The van der Waals surface area contributed by atoms with Crippen LogP contribution in [-0.4, -0.2) is 20.2 Å². The fourth-order valence-electron chi connectivity index (χ4n) is 2.43. The zero-order chi connectivity index (χ0) is 15.8. The number of para-hydroxylation sites is 1. The van der Waals surface area contributed by atoms with E-state index >= 15 is 0 Å². The Morgan fingerprint density at radius 2 is 2.09 bits per heavy atom. The van der Waals surface area contributed by atoms with Crippen LogP contribution in [0, 0.1) is 6.92 Å². The van der Waals surface area contributed by atoms with Crippen molar-refractivity contribution in [3.63, 3.8) is 0 Å². The second-order valence-corrected chi connectivity index (χ2v) is 7.06. The second-order valence-electron chi connectivity index (χ2n) is 5.29. The van der Waals surface area contributed by atoms with Gasteiger partial charge in [-0.2, -0.15) is 5.10 Å². The van der Waals surface area contributed by atoms with E-state index in [1.165, 1.54) is 0 Å². The normalized spacial score (nSPS) is 18.3. The van der Waals surface area contributed by atoms with Crippen molar-refractivity contribution in [2.75, 3.05) is 5.32 Å². The van der Waals surface area contributed by atoms with E-state index in [-0.39, 0.29) is 0 Å². The highest BCUT2D eigenvalue weighted by molar-refractivity contribution is 8.22. The van der Waals surface area contributed by atoms with Crippen LogP contribution in [0.5, 0.6) is 0 Å². The van der Waals surface area contributed by atoms with Crippen molar-refractivity contribution in [1.29, 1.82) is 0 Å². The first-order valence-electron chi connectivity index (χ1n) is 7.19. The van der Waals surface area contributed by atoms with Crippen molar-refractivity contribution >= 4 is 33.4 Å². The molecule has 4 rings (SSSR count). The number of rotatable bonds is 3. The number of nitrogens with one attached hydrogen (secondary N) is 2. The summed E-state index contributed by atoms with van der Waals surface area (Å²) in [5.74, 6) is 1.58. The summed E-state index contributed by atoms with van der Waals surface area (Å²) in [6, 6.07) is 9.90. The minimum atomic E-state index is -0.694. The van der Waals surface area contributed by atoms with Crippen LogP contribution in [0.4, 0.5) is 11.6 Å². The standard InChI is InChI=1S/C16H16N6S/c1-10-8-14(22-21-10)19-15-12-4-2-3-5-13(12)18-16(20-15)23-7-6-11(17)9-23/h2-9,23H,17H2,1H3,(H2,18,19,20,21,22). The average molecular weight is 324 g/mol. The number of allylic oxidation sites excluding steroid dienone is 1. The Balaban J connectivity index is 1.82. The predicted octanol–water partition coefficient (Wildman–Crippen LogP) is 3.09.